The number of carboxylic acid groups (broad SMARTS) is 1. The molecular weight excluding hydrogens is 212 g/mol. The van der Waals surface area contributed by atoms with Crippen molar-refractivity contribution in [1.82, 2.24) is 4.98 Å². The predicted octanol–water partition coefficient (Wildman–Crippen LogP) is 2.08. The zero-order valence-corrected chi connectivity index (χ0v) is 8.35. The number of nitrogens with one attached hydrogen (secondary N) is 1. The van der Waals surface area contributed by atoms with E-state index in [1.807, 2.05) is 0 Å². The number of nitro benzene ring substituents is 1. The van der Waals surface area contributed by atoms with Crippen LogP contribution in [0.1, 0.15) is 16.1 Å². The molecule has 0 atom stereocenters. The van der Waals surface area contributed by atoms with E-state index in [0.717, 1.165) is 0 Å². The molecule has 2 rings (SSSR count). The lowest BCUT2D eigenvalue weighted by molar-refractivity contribution is -0.384. The number of rotatable bonds is 2. The minimum atomic E-state index is -1.09. The van der Waals surface area contributed by atoms with Crippen molar-refractivity contribution in [2.75, 3.05) is 0 Å². The minimum absolute atomic E-state index is 0.0821. The molecule has 16 heavy (non-hydrogen) atoms. The van der Waals surface area contributed by atoms with Crippen LogP contribution in [-0.4, -0.2) is 21.0 Å². The van der Waals surface area contributed by atoms with E-state index in [0.29, 0.717) is 16.6 Å². The van der Waals surface area contributed by atoms with Gasteiger partial charge >= 0.3 is 5.97 Å². The van der Waals surface area contributed by atoms with Crippen LogP contribution in [0, 0.1) is 17.0 Å². The molecule has 0 bridgehead atoms. The van der Waals surface area contributed by atoms with Crippen molar-refractivity contribution in [2.45, 2.75) is 6.92 Å². The van der Waals surface area contributed by atoms with Crippen molar-refractivity contribution in [3.8, 4) is 0 Å². The highest BCUT2D eigenvalue weighted by Gasteiger charge is 2.17. The van der Waals surface area contributed by atoms with Gasteiger partial charge in [0.1, 0.15) is 0 Å². The maximum atomic E-state index is 11.0. The second-order valence-corrected chi connectivity index (χ2v) is 3.42. The van der Waals surface area contributed by atoms with Gasteiger partial charge in [-0.2, -0.15) is 0 Å². The number of nitrogens with zero attached hydrogens (tertiary/aromatic N) is 1. The molecule has 1 aromatic heterocycles. The van der Waals surface area contributed by atoms with E-state index in [2.05, 4.69) is 4.98 Å². The Kier molecular flexibility index (Phi) is 2.12. The summed E-state index contributed by atoms with van der Waals surface area (Å²) in [5.41, 5.74) is 1.04. The number of carbonyl (C=O) groups is 1. The first-order valence-corrected chi connectivity index (χ1v) is 4.50. The molecule has 0 saturated heterocycles. The van der Waals surface area contributed by atoms with Gasteiger partial charge in [-0.1, -0.05) is 0 Å². The van der Waals surface area contributed by atoms with Crippen molar-refractivity contribution >= 4 is 22.6 Å². The normalized spacial score (nSPS) is 10.6. The Morgan fingerprint density at radius 2 is 2.19 bits per heavy atom. The average Bonchev–Trinajstić information content (AvgIpc) is 2.51. The topological polar surface area (TPSA) is 96.2 Å². The van der Waals surface area contributed by atoms with Gasteiger partial charge in [-0.3, -0.25) is 10.1 Å². The lowest BCUT2D eigenvalue weighted by Gasteiger charge is -1.94. The fourth-order valence-corrected chi connectivity index (χ4v) is 1.70. The summed E-state index contributed by atoms with van der Waals surface area (Å²) in [7, 11) is 0. The van der Waals surface area contributed by atoms with Crippen LogP contribution in [-0.2, 0) is 0 Å². The second-order valence-electron chi connectivity index (χ2n) is 3.42. The molecule has 82 valence electrons. The molecule has 6 heteroatoms. The molecule has 0 spiro atoms. The lowest BCUT2D eigenvalue weighted by atomic mass is 10.1. The van der Waals surface area contributed by atoms with E-state index < -0.39 is 10.9 Å². The first kappa shape index (κ1) is 10.2. The standard InChI is InChI=1S/C10H8N2O4/c1-5-9(10(13)14)7-4-6(12(15)16)2-3-8(7)11-5/h2-4,11H,1H3,(H,13,14). The van der Waals surface area contributed by atoms with E-state index in [9.17, 15) is 14.9 Å². The number of aryl methyl sites for hydroxylation is 1. The molecule has 0 radical (unpaired) electrons. The van der Waals surface area contributed by atoms with E-state index >= 15 is 0 Å². The van der Waals surface area contributed by atoms with Crippen LogP contribution < -0.4 is 0 Å². The Morgan fingerprint density at radius 1 is 1.50 bits per heavy atom. The molecule has 0 unspecified atom stereocenters. The van der Waals surface area contributed by atoms with Gasteiger partial charge in [0, 0.05) is 28.7 Å². The van der Waals surface area contributed by atoms with Gasteiger partial charge in [0.15, 0.2) is 0 Å². The van der Waals surface area contributed by atoms with Crippen molar-refractivity contribution in [3.63, 3.8) is 0 Å². The summed E-state index contributed by atoms with van der Waals surface area (Å²) in [5.74, 6) is -1.09. The first-order valence-electron chi connectivity index (χ1n) is 4.50. The SMILES string of the molecule is Cc1[nH]c2ccc([N+](=O)[O-])cc2c1C(=O)O. The summed E-state index contributed by atoms with van der Waals surface area (Å²) < 4.78 is 0. The fraction of sp³-hybridized carbons (Fsp3) is 0.100. The molecule has 2 aromatic rings. The molecule has 1 aromatic carbocycles. The van der Waals surface area contributed by atoms with Crippen molar-refractivity contribution in [1.29, 1.82) is 0 Å². The number of fused-ring (bicyclic) bond motifs is 1. The highest BCUT2D eigenvalue weighted by atomic mass is 16.6. The second kappa shape index (κ2) is 3.34. The highest BCUT2D eigenvalue weighted by Crippen LogP contribution is 2.26. The van der Waals surface area contributed by atoms with Gasteiger partial charge in [-0.25, -0.2) is 4.79 Å². The molecule has 0 fully saturated rings. The zero-order valence-electron chi connectivity index (χ0n) is 8.35. The summed E-state index contributed by atoms with van der Waals surface area (Å²) in [6.07, 6.45) is 0. The summed E-state index contributed by atoms with van der Waals surface area (Å²) in [4.78, 5) is 23.9. The third-order valence-electron chi connectivity index (χ3n) is 2.39. The number of benzene rings is 1. The molecule has 0 aliphatic carbocycles. The third kappa shape index (κ3) is 1.40. The van der Waals surface area contributed by atoms with E-state index in [1.165, 1.54) is 18.2 Å². The fourth-order valence-electron chi connectivity index (χ4n) is 1.70. The van der Waals surface area contributed by atoms with Gasteiger partial charge < -0.3 is 10.1 Å². The number of carboxylic acids is 1. The first-order chi connectivity index (χ1) is 7.50. The van der Waals surface area contributed by atoms with Crippen LogP contribution in [0.25, 0.3) is 10.9 Å². The molecular formula is C10H8N2O4. The van der Waals surface area contributed by atoms with Gasteiger partial charge in [-0.05, 0) is 13.0 Å². The molecule has 0 aliphatic rings. The molecule has 0 amide bonds. The van der Waals surface area contributed by atoms with E-state index in [-0.39, 0.29) is 11.3 Å². The quantitative estimate of drug-likeness (QED) is 0.598. The number of aromatic carboxylic acids is 1. The largest absolute Gasteiger partial charge is 0.478 e. The molecule has 1 heterocycles. The van der Waals surface area contributed by atoms with Crippen LogP contribution in [0.4, 0.5) is 5.69 Å². The maximum absolute atomic E-state index is 11.0. The number of aromatic nitrogens is 1. The van der Waals surface area contributed by atoms with E-state index in [4.69, 9.17) is 5.11 Å². The van der Waals surface area contributed by atoms with Gasteiger partial charge in [0.2, 0.25) is 0 Å². The Hall–Kier alpha value is -2.37. The van der Waals surface area contributed by atoms with Crippen LogP contribution in [0.3, 0.4) is 0 Å². The predicted molar refractivity (Wildman–Crippen MR) is 56.6 cm³/mol. The lowest BCUT2D eigenvalue weighted by Crippen LogP contribution is -1.97. The van der Waals surface area contributed by atoms with Crippen LogP contribution in [0.5, 0.6) is 0 Å². The smallest absolute Gasteiger partial charge is 0.338 e. The van der Waals surface area contributed by atoms with Gasteiger partial charge in [0.25, 0.3) is 5.69 Å². The Morgan fingerprint density at radius 3 is 2.75 bits per heavy atom. The Bertz CT molecular complexity index is 600. The number of hydrogen-bond acceptors (Lipinski definition) is 3. The van der Waals surface area contributed by atoms with Gasteiger partial charge in [0.05, 0.1) is 10.5 Å². The van der Waals surface area contributed by atoms with Crippen LogP contribution in [0.15, 0.2) is 18.2 Å². The minimum Gasteiger partial charge on any atom is -0.478 e. The van der Waals surface area contributed by atoms with Crippen LogP contribution >= 0.6 is 0 Å². The summed E-state index contributed by atoms with van der Waals surface area (Å²) in [6.45, 7) is 1.62. The molecule has 2 N–H and O–H groups in total. The third-order valence-corrected chi connectivity index (χ3v) is 2.39. The van der Waals surface area contributed by atoms with Gasteiger partial charge in [-0.15, -0.1) is 0 Å². The van der Waals surface area contributed by atoms with Crippen LogP contribution in [0.2, 0.25) is 0 Å². The molecule has 0 aliphatic heterocycles. The number of aromatic amines is 1. The molecule has 0 saturated carbocycles. The number of non-ortho nitro benzene ring substituents is 1. The zero-order chi connectivity index (χ0) is 11.9. The van der Waals surface area contributed by atoms with E-state index in [1.54, 1.807) is 6.92 Å². The van der Waals surface area contributed by atoms with Crippen molar-refractivity contribution < 1.29 is 14.8 Å². The highest BCUT2D eigenvalue weighted by molar-refractivity contribution is 6.05. The number of H-pyrrole nitrogens is 1. The number of hydrogen-bond donors (Lipinski definition) is 2. The summed E-state index contributed by atoms with van der Waals surface area (Å²) in [5, 5.41) is 19.9. The number of nitro groups is 1. The Labute approximate surface area is 89.7 Å². The Balaban J connectivity index is 2.79. The molecule has 6 nitrogen and oxygen atoms in total. The maximum Gasteiger partial charge on any atom is 0.338 e. The van der Waals surface area contributed by atoms with Crippen molar-refractivity contribution in [2.24, 2.45) is 0 Å². The van der Waals surface area contributed by atoms with Crippen molar-refractivity contribution in [3.05, 3.63) is 39.6 Å². The monoisotopic (exact) mass is 220 g/mol. The summed E-state index contributed by atoms with van der Waals surface area (Å²) >= 11 is 0. The summed E-state index contributed by atoms with van der Waals surface area (Å²) in [6, 6.07) is 4.11. The average molecular weight is 220 g/mol.